The van der Waals surface area contributed by atoms with E-state index >= 15 is 0 Å². The van der Waals surface area contributed by atoms with Crippen LogP contribution < -0.4 is 10.0 Å². The van der Waals surface area contributed by atoms with Gasteiger partial charge in [-0.1, -0.05) is 19.8 Å². The van der Waals surface area contributed by atoms with E-state index in [4.69, 9.17) is 5.11 Å². The van der Waals surface area contributed by atoms with Crippen LogP contribution in [0.25, 0.3) is 0 Å². The first-order valence-corrected chi connectivity index (χ1v) is 10.0. The van der Waals surface area contributed by atoms with Crippen molar-refractivity contribution in [3.63, 3.8) is 0 Å². The molecule has 130 valence electrons. The molecule has 0 fully saturated rings. The molecule has 0 bridgehead atoms. The quantitative estimate of drug-likeness (QED) is 0.579. The number of aliphatic carboxylic acids is 1. The number of sulfonamides is 1. The monoisotopic (exact) mass is 362 g/mol. The third kappa shape index (κ3) is 7.58. The smallest absolute Gasteiger partial charge is 0.326 e. The summed E-state index contributed by atoms with van der Waals surface area (Å²) in [4.78, 5) is 24.5. The molecule has 1 atom stereocenters. The number of thiophene rings is 1. The number of carbonyl (C=O) groups is 2. The van der Waals surface area contributed by atoms with Gasteiger partial charge in [0.15, 0.2) is 0 Å². The first kappa shape index (κ1) is 19.6. The molecule has 0 radical (unpaired) electrons. The fourth-order valence-corrected chi connectivity index (χ4v) is 3.27. The van der Waals surface area contributed by atoms with E-state index in [0.717, 1.165) is 24.0 Å². The number of carboxylic acid groups (broad SMARTS) is 1. The third-order valence-electron chi connectivity index (χ3n) is 3.07. The highest BCUT2D eigenvalue weighted by atomic mass is 32.2. The average Bonchev–Trinajstić information content (AvgIpc) is 2.90. The van der Waals surface area contributed by atoms with E-state index in [1.165, 1.54) is 11.3 Å². The Morgan fingerprint density at radius 1 is 1.35 bits per heavy atom. The first-order valence-electron chi connectivity index (χ1n) is 7.30. The Morgan fingerprint density at radius 2 is 2.04 bits per heavy atom. The molecule has 1 aromatic heterocycles. The second kappa shape index (κ2) is 8.99. The van der Waals surface area contributed by atoms with Crippen LogP contribution in [0.5, 0.6) is 0 Å². The van der Waals surface area contributed by atoms with Gasteiger partial charge in [0.2, 0.25) is 10.0 Å². The number of carbonyl (C=O) groups excluding carboxylic acids is 1. The number of nitrogens with one attached hydrogen (secondary N) is 2. The molecule has 0 aliphatic carbocycles. The second-order valence-electron chi connectivity index (χ2n) is 5.19. The van der Waals surface area contributed by atoms with Crippen LogP contribution >= 0.6 is 11.3 Å². The molecule has 3 N–H and O–H groups in total. The Morgan fingerprint density at radius 3 is 2.61 bits per heavy atom. The molecule has 1 unspecified atom stereocenters. The van der Waals surface area contributed by atoms with E-state index in [0.29, 0.717) is 17.7 Å². The average molecular weight is 362 g/mol. The van der Waals surface area contributed by atoms with Gasteiger partial charge in [-0.3, -0.25) is 4.79 Å². The molecule has 0 saturated carbocycles. The van der Waals surface area contributed by atoms with Gasteiger partial charge in [-0.2, -0.15) is 0 Å². The summed E-state index contributed by atoms with van der Waals surface area (Å²) in [6.07, 6.45) is 3.54. The number of unbranched alkanes of at least 4 members (excludes halogenated alkanes) is 1. The van der Waals surface area contributed by atoms with Crippen molar-refractivity contribution in [2.45, 2.75) is 38.6 Å². The molecular formula is C14H22N2O5S2. The number of carboxylic acids is 1. The van der Waals surface area contributed by atoms with Crippen LogP contribution in [-0.2, 0) is 21.2 Å². The van der Waals surface area contributed by atoms with Crippen LogP contribution in [0.2, 0.25) is 0 Å². The van der Waals surface area contributed by atoms with E-state index in [2.05, 4.69) is 10.0 Å². The van der Waals surface area contributed by atoms with Crippen molar-refractivity contribution in [2.75, 3.05) is 12.8 Å². The van der Waals surface area contributed by atoms with Gasteiger partial charge in [0.05, 0.1) is 11.1 Å². The van der Waals surface area contributed by atoms with Gasteiger partial charge in [0, 0.05) is 11.4 Å². The summed E-state index contributed by atoms with van der Waals surface area (Å²) in [6.45, 7) is 2.21. The Bertz CT molecular complexity index is 639. The number of rotatable bonds is 10. The maximum absolute atomic E-state index is 12.1. The molecule has 0 aliphatic heterocycles. The SMILES string of the molecule is CCCCC(NC(=O)c1ccc(CCNS(C)(=O)=O)s1)C(=O)O. The van der Waals surface area contributed by atoms with Gasteiger partial charge in [-0.15, -0.1) is 11.3 Å². The van der Waals surface area contributed by atoms with Crippen molar-refractivity contribution in [3.8, 4) is 0 Å². The Hall–Kier alpha value is -1.45. The van der Waals surface area contributed by atoms with E-state index in [9.17, 15) is 18.0 Å². The predicted molar refractivity (Wildman–Crippen MR) is 89.3 cm³/mol. The fraction of sp³-hybridized carbons (Fsp3) is 0.571. The van der Waals surface area contributed by atoms with Crippen molar-refractivity contribution in [1.29, 1.82) is 0 Å². The summed E-state index contributed by atoms with van der Waals surface area (Å²) >= 11 is 1.23. The van der Waals surface area contributed by atoms with Crippen LogP contribution in [0.1, 0.15) is 40.7 Å². The van der Waals surface area contributed by atoms with Gasteiger partial charge < -0.3 is 10.4 Å². The zero-order valence-corrected chi connectivity index (χ0v) is 14.8. The van der Waals surface area contributed by atoms with E-state index < -0.39 is 27.9 Å². The Kier molecular flexibility index (Phi) is 7.66. The highest BCUT2D eigenvalue weighted by molar-refractivity contribution is 7.88. The molecule has 7 nitrogen and oxygen atoms in total. The second-order valence-corrected chi connectivity index (χ2v) is 8.19. The zero-order chi connectivity index (χ0) is 17.5. The van der Waals surface area contributed by atoms with Crippen LogP contribution in [0.3, 0.4) is 0 Å². The number of amides is 1. The van der Waals surface area contributed by atoms with Crippen LogP contribution in [0, 0.1) is 0 Å². The summed E-state index contributed by atoms with van der Waals surface area (Å²) in [5, 5.41) is 11.6. The maximum Gasteiger partial charge on any atom is 0.326 e. The molecule has 1 amide bonds. The fourth-order valence-electron chi connectivity index (χ4n) is 1.89. The van der Waals surface area contributed by atoms with Crippen molar-refractivity contribution in [2.24, 2.45) is 0 Å². The standard InChI is InChI=1S/C14H22N2O5S2/c1-3-4-5-11(14(18)19)16-13(17)12-7-6-10(22-12)8-9-15-23(2,20)21/h6-7,11,15H,3-5,8-9H2,1-2H3,(H,16,17)(H,18,19). The van der Waals surface area contributed by atoms with Crippen molar-refractivity contribution in [3.05, 3.63) is 21.9 Å². The van der Waals surface area contributed by atoms with Gasteiger partial charge in [-0.05, 0) is 25.0 Å². The summed E-state index contributed by atoms with van der Waals surface area (Å²) in [6, 6.07) is 2.47. The van der Waals surface area contributed by atoms with Crippen molar-refractivity contribution in [1.82, 2.24) is 10.0 Å². The Balaban J connectivity index is 2.58. The highest BCUT2D eigenvalue weighted by Gasteiger charge is 2.20. The van der Waals surface area contributed by atoms with Crippen molar-refractivity contribution >= 4 is 33.2 Å². The minimum atomic E-state index is -3.23. The number of hydrogen-bond acceptors (Lipinski definition) is 5. The lowest BCUT2D eigenvalue weighted by molar-refractivity contribution is -0.139. The number of hydrogen-bond donors (Lipinski definition) is 3. The van der Waals surface area contributed by atoms with Crippen LogP contribution in [0.15, 0.2) is 12.1 Å². The molecule has 0 aliphatic rings. The van der Waals surface area contributed by atoms with E-state index in [-0.39, 0.29) is 6.54 Å². The summed E-state index contributed by atoms with van der Waals surface area (Å²) < 4.78 is 24.3. The first-order chi connectivity index (χ1) is 10.7. The summed E-state index contributed by atoms with van der Waals surface area (Å²) in [7, 11) is -3.23. The zero-order valence-electron chi connectivity index (χ0n) is 13.2. The largest absolute Gasteiger partial charge is 0.480 e. The minimum Gasteiger partial charge on any atom is -0.480 e. The molecule has 23 heavy (non-hydrogen) atoms. The Labute approximate surface area is 140 Å². The lowest BCUT2D eigenvalue weighted by Crippen LogP contribution is -2.40. The lowest BCUT2D eigenvalue weighted by Gasteiger charge is -2.13. The van der Waals surface area contributed by atoms with Crippen LogP contribution in [0.4, 0.5) is 0 Å². The van der Waals surface area contributed by atoms with E-state index in [1.54, 1.807) is 12.1 Å². The summed E-state index contributed by atoms with van der Waals surface area (Å²) in [5.74, 6) is -1.46. The molecule has 0 saturated heterocycles. The van der Waals surface area contributed by atoms with Gasteiger partial charge in [0.1, 0.15) is 6.04 Å². The van der Waals surface area contributed by atoms with Crippen LogP contribution in [-0.4, -0.2) is 44.2 Å². The maximum atomic E-state index is 12.1. The van der Waals surface area contributed by atoms with E-state index in [1.807, 2.05) is 6.92 Å². The molecule has 0 aromatic carbocycles. The highest BCUT2D eigenvalue weighted by Crippen LogP contribution is 2.17. The molecule has 0 spiro atoms. The predicted octanol–water partition coefficient (Wildman–Crippen LogP) is 1.21. The molecule has 1 rings (SSSR count). The summed E-state index contributed by atoms with van der Waals surface area (Å²) in [5.41, 5.74) is 0. The molecular weight excluding hydrogens is 340 g/mol. The normalized spacial score (nSPS) is 12.8. The van der Waals surface area contributed by atoms with Gasteiger partial charge >= 0.3 is 5.97 Å². The molecule has 1 aromatic rings. The van der Waals surface area contributed by atoms with Gasteiger partial charge in [-0.25, -0.2) is 17.9 Å². The molecule has 1 heterocycles. The lowest BCUT2D eigenvalue weighted by atomic mass is 10.1. The minimum absolute atomic E-state index is 0.259. The van der Waals surface area contributed by atoms with Gasteiger partial charge in [0.25, 0.3) is 5.91 Å². The third-order valence-corrected chi connectivity index (χ3v) is 4.94. The van der Waals surface area contributed by atoms with Crippen molar-refractivity contribution < 1.29 is 23.1 Å². The molecule has 9 heteroatoms. The topological polar surface area (TPSA) is 113 Å².